The molecule has 0 fully saturated rings. The predicted molar refractivity (Wildman–Crippen MR) is 94.3 cm³/mol. The maximum Gasteiger partial charge on any atom is 0.256 e. The molecule has 0 spiro atoms. The number of nitrogens with one attached hydrogen (secondary N) is 2. The average molecular weight is 320 g/mol. The number of anilines is 3. The van der Waals surface area contributed by atoms with E-state index >= 15 is 0 Å². The highest BCUT2D eigenvalue weighted by atomic mass is 16.7. The molecule has 2 N–H and O–H groups in total. The molecule has 0 radical (unpaired) electrons. The Labute approximate surface area is 139 Å². The van der Waals surface area contributed by atoms with Crippen molar-refractivity contribution >= 4 is 17.8 Å². The molecule has 1 aromatic rings. The number of aromatic nitrogens is 3. The van der Waals surface area contributed by atoms with Crippen LogP contribution in [0.15, 0.2) is 0 Å². The lowest BCUT2D eigenvalue weighted by atomic mass is 10.1. The quantitative estimate of drug-likeness (QED) is 0.563. The molecule has 1 rings (SSSR count). The van der Waals surface area contributed by atoms with E-state index in [-0.39, 0.29) is 6.04 Å². The van der Waals surface area contributed by atoms with Gasteiger partial charge in [-0.25, -0.2) is 5.06 Å². The standard InChI is InChI=1S/C16H28N6O/c1-7-11-17-14-19-15(21-16(20-14)22(5)23-6)18-13(4)10-8-9-12(2)3/h12-13H,7,9,11H2,1-6H3,(H2,17,18,19,20,21). The van der Waals surface area contributed by atoms with Gasteiger partial charge in [0.1, 0.15) is 0 Å². The summed E-state index contributed by atoms with van der Waals surface area (Å²) in [6, 6.07) is -0.0455. The molecule has 1 aromatic heterocycles. The minimum atomic E-state index is -0.0455. The first-order chi connectivity index (χ1) is 11.0. The molecule has 0 amide bonds. The Hall–Kier alpha value is -2.07. The van der Waals surface area contributed by atoms with Crippen LogP contribution in [0.1, 0.15) is 40.5 Å². The Kier molecular flexibility index (Phi) is 8.13. The van der Waals surface area contributed by atoms with Crippen LogP contribution >= 0.6 is 0 Å². The second kappa shape index (κ2) is 9.85. The highest BCUT2D eigenvalue weighted by Crippen LogP contribution is 2.13. The third-order valence-corrected chi connectivity index (χ3v) is 2.89. The van der Waals surface area contributed by atoms with Gasteiger partial charge in [0.05, 0.1) is 13.2 Å². The summed E-state index contributed by atoms with van der Waals surface area (Å²) >= 11 is 0. The molecule has 0 aliphatic heterocycles. The number of hydrogen-bond acceptors (Lipinski definition) is 7. The predicted octanol–water partition coefficient (Wildman–Crippen LogP) is 2.54. The molecule has 23 heavy (non-hydrogen) atoms. The van der Waals surface area contributed by atoms with Gasteiger partial charge in [-0.3, -0.25) is 4.84 Å². The summed E-state index contributed by atoms with van der Waals surface area (Å²) in [7, 11) is 3.31. The topological polar surface area (TPSA) is 75.2 Å². The maximum absolute atomic E-state index is 5.14. The summed E-state index contributed by atoms with van der Waals surface area (Å²) in [4.78, 5) is 18.2. The van der Waals surface area contributed by atoms with Crippen molar-refractivity contribution in [3.05, 3.63) is 0 Å². The summed E-state index contributed by atoms with van der Waals surface area (Å²) in [6.45, 7) is 9.16. The van der Waals surface area contributed by atoms with Crippen molar-refractivity contribution in [2.45, 2.75) is 46.6 Å². The smallest absolute Gasteiger partial charge is 0.256 e. The molecule has 1 atom stereocenters. The van der Waals surface area contributed by atoms with Crippen LogP contribution in [0.25, 0.3) is 0 Å². The largest absolute Gasteiger partial charge is 0.354 e. The van der Waals surface area contributed by atoms with E-state index in [0.29, 0.717) is 23.8 Å². The average Bonchev–Trinajstić information content (AvgIpc) is 2.51. The molecule has 7 nitrogen and oxygen atoms in total. The van der Waals surface area contributed by atoms with E-state index in [2.05, 4.69) is 58.2 Å². The van der Waals surface area contributed by atoms with Crippen molar-refractivity contribution in [3.8, 4) is 11.8 Å². The van der Waals surface area contributed by atoms with Crippen molar-refractivity contribution in [1.82, 2.24) is 15.0 Å². The normalized spacial score (nSPS) is 11.6. The lowest BCUT2D eigenvalue weighted by Gasteiger charge is -2.16. The first-order valence-electron chi connectivity index (χ1n) is 7.99. The lowest BCUT2D eigenvalue weighted by molar-refractivity contribution is 0.180. The number of rotatable bonds is 8. The lowest BCUT2D eigenvalue weighted by Crippen LogP contribution is -2.22. The van der Waals surface area contributed by atoms with Gasteiger partial charge in [-0.1, -0.05) is 26.7 Å². The fourth-order valence-corrected chi connectivity index (χ4v) is 1.61. The van der Waals surface area contributed by atoms with E-state index in [1.807, 2.05) is 6.92 Å². The van der Waals surface area contributed by atoms with Crippen LogP contribution in [-0.4, -0.2) is 41.7 Å². The Morgan fingerprint density at radius 3 is 2.48 bits per heavy atom. The van der Waals surface area contributed by atoms with Gasteiger partial charge < -0.3 is 10.6 Å². The molecule has 0 bridgehead atoms. The van der Waals surface area contributed by atoms with E-state index in [4.69, 9.17) is 4.84 Å². The molecule has 128 valence electrons. The Morgan fingerprint density at radius 2 is 1.87 bits per heavy atom. The number of hydroxylamine groups is 1. The molecule has 1 unspecified atom stereocenters. The maximum atomic E-state index is 5.14. The molecule has 0 saturated carbocycles. The molecule has 0 saturated heterocycles. The first kappa shape index (κ1) is 19.0. The van der Waals surface area contributed by atoms with Crippen molar-refractivity contribution in [2.75, 3.05) is 36.4 Å². The van der Waals surface area contributed by atoms with Gasteiger partial charge >= 0.3 is 0 Å². The summed E-state index contributed by atoms with van der Waals surface area (Å²) in [5, 5.41) is 7.84. The molecule has 0 aliphatic rings. The fraction of sp³-hybridized carbons (Fsp3) is 0.688. The minimum absolute atomic E-state index is 0.0455. The minimum Gasteiger partial charge on any atom is -0.354 e. The van der Waals surface area contributed by atoms with E-state index in [9.17, 15) is 0 Å². The van der Waals surface area contributed by atoms with Gasteiger partial charge in [-0.2, -0.15) is 15.0 Å². The van der Waals surface area contributed by atoms with Gasteiger partial charge in [0, 0.05) is 20.0 Å². The zero-order chi connectivity index (χ0) is 17.2. The van der Waals surface area contributed by atoms with Crippen LogP contribution in [0.3, 0.4) is 0 Å². The van der Waals surface area contributed by atoms with Crippen LogP contribution < -0.4 is 15.7 Å². The van der Waals surface area contributed by atoms with Crippen LogP contribution in [-0.2, 0) is 4.84 Å². The fourth-order valence-electron chi connectivity index (χ4n) is 1.61. The highest BCUT2D eigenvalue weighted by molar-refractivity contribution is 5.43. The summed E-state index contributed by atoms with van der Waals surface area (Å²) in [5.74, 6) is 8.33. The molecule has 7 heteroatoms. The van der Waals surface area contributed by atoms with Crippen molar-refractivity contribution in [1.29, 1.82) is 0 Å². The van der Waals surface area contributed by atoms with Crippen LogP contribution in [0.2, 0.25) is 0 Å². The summed E-state index contributed by atoms with van der Waals surface area (Å²) in [5.41, 5.74) is 0. The van der Waals surface area contributed by atoms with E-state index in [1.54, 1.807) is 14.2 Å². The third kappa shape index (κ3) is 7.15. The summed E-state index contributed by atoms with van der Waals surface area (Å²) in [6.07, 6.45) is 1.87. The monoisotopic (exact) mass is 320 g/mol. The Balaban J connectivity index is 2.87. The van der Waals surface area contributed by atoms with Crippen LogP contribution in [0, 0.1) is 17.8 Å². The summed E-state index contributed by atoms with van der Waals surface area (Å²) < 4.78 is 0. The Morgan fingerprint density at radius 1 is 1.17 bits per heavy atom. The van der Waals surface area contributed by atoms with Gasteiger partial charge in [-0.05, 0) is 19.3 Å². The van der Waals surface area contributed by atoms with Crippen LogP contribution in [0.5, 0.6) is 0 Å². The second-order valence-electron chi connectivity index (χ2n) is 5.67. The zero-order valence-electron chi connectivity index (χ0n) is 15.0. The zero-order valence-corrected chi connectivity index (χ0v) is 15.0. The molecular weight excluding hydrogens is 292 g/mol. The van der Waals surface area contributed by atoms with Crippen molar-refractivity contribution < 1.29 is 4.84 Å². The first-order valence-corrected chi connectivity index (χ1v) is 7.99. The third-order valence-electron chi connectivity index (χ3n) is 2.89. The van der Waals surface area contributed by atoms with Gasteiger partial charge in [0.15, 0.2) is 0 Å². The molecule has 0 aliphatic carbocycles. The Bertz CT molecular complexity index is 537. The molecular formula is C16H28N6O. The SMILES string of the molecule is CCCNc1nc(NC(C)C#CCC(C)C)nc(N(C)OC)n1. The molecule has 1 heterocycles. The van der Waals surface area contributed by atoms with E-state index in [0.717, 1.165) is 19.4 Å². The van der Waals surface area contributed by atoms with Crippen LogP contribution in [0.4, 0.5) is 17.8 Å². The van der Waals surface area contributed by atoms with Gasteiger partial charge in [-0.15, -0.1) is 5.92 Å². The van der Waals surface area contributed by atoms with E-state index < -0.39 is 0 Å². The van der Waals surface area contributed by atoms with Crippen molar-refractivity contribution in [3.63, 3.8) is 0 Å². The van der Waals surface area contributed by atoms with Gasteiger partial charge in [0.2, 0.25) is 11.9 Å². The number of nitrogens with zero attached hydrogens (tertiary/aromatic N) is 4. The molecule has 0 aromatic carbocycles. The second-order valence-corrected chi connectivity index (χ2v) is 5.67. The van der Waals surface area contributed by atoms with E-state index in [1.165, 1.54) is 5.06 Å². The van der Waals surface area contributed by atoms with Crippen molar-refractivity contribution in [2.24, 2.45) is 5.92 Å². The highest BCUT2D eigenvalue weighted by Gasteiger charge is 2.11. The number of hydrogen-bond donors (Lipinski definition) is 2. The van der Waals surface area contributed by atoms with Gasteiger partial charge in [0.25, 0.3) is 5.95 Å².